The minimum absolute atomic E-state index is 0.0423. The molecular formula is C19H24O3S. The van der Waals surface area contributed by atoms with Crippen molar-refractivity contribution in [2.45, 2.75) is 52.4 Å². The molecule has 4 aliphatic rings. The molecule has 0 spiro atoms. The first-order valence-corrected chi connectivity index (χ1v) is 9.54. The van der Waals surface area contributed by atoms with Gasteiger partial charge in [0.2, 0.25) is 0 Å². The van der Waals surface area contributed by atoms with Crippen molar-refractivity contribution in [3.8, 4) is 0 Å². The molecule has 0 amide bonds. The van der Waals surface area contributed by atoms with Crippen LogP contribution < -0.4 is 0 Å². The topological polar surface area (TPSA) is 43.4 Å². The summed E-state index contributed by atoms with van der Waals surface area (Å²) in [6.07, 6.45) is 7.06. The van der Waals surface area contributed by atoms with E-state index in [4.69, 9.17) is 4.74 Å². The van der Waals surface area contributed by atoms with Crippen molar-refractivity contribution >= 4 is 23.1 Å². The Morgan fingerprint density at radius 2 is 1.70 bits per heavy atom. The van der Waals surface area contributed by atoms with E-state index in [2.05, 4.69) is 0 Å². The first-order chi connectivity index (χ1) is 10.9. The summed E-state index contributed by atoms with van der Waals surface area (Å²) in [5.41, 5.74) is 0.445. The third-order valence-corrected chi connectivity index (χ3v) is 7.19. The molecule has 5 rings (SSSR count). The summed E-state index contributed by atoms with van der Waals surface area (Å²) in [4.78, 5) is 27.2. The first-order valence-electron chi connectivity index (χ1n) is 8.73. The van der Waals surface area contributed by atoms with E-state index in [1.54, 1.807) is 11.3 Å². The normalized spacial score (nSPS) is 34.6. The summed E-state index contributed by atoms with van der Waals surface area (Å²) in [6, 6.07) is 1.86. The highest BCUT2D eigenvalue weighted by Gasteiger charge is 2.54. The van der Waals surface area contributed by atoms with Gasteiger partial charge in [0, 0.05) is 15.2 Å². The molecule has 1 aromatic rings. The van der Waals surface area contributed by atoms with Crippen LogP contribution in [-0.4, -0.2) is 18.4 Å². The molecule has 23 heavy (non-hydrogen) atoms. The van der Waals surface area contributed by atoms with Gasteiger partial charge >= 0.3 is 5.97 Å². The summed E-state index contributed by atoms with van der Waals surface area (Å²) in [5.74, 6) is 2.05. The molecular weight excluding hydrogens is 308 g/mol. The number of Topliss-reactive ketones (excluding diaryl/α,β-unsaturated/α-hetero) is 1. The zero-order valence-electron chi connectivity index (χ0n) is 13.9. The molecule has 4 bridgehead atoms. The van der Waals surface area contributed by atoms with Crippen LogP contribution in [0.2, 0.25) is 0 Å². The summed E-state index contributed by atoms with van der Waals surface area (Å²) < 4.78 is 5.39. The lowest BCUT2D eigenvalue weighted by atomic mass is 9.48. The minimum Gasteiger partial charge on any atom is -0.454 e. The van der Waals surface area contributed by atoms with Gasteiger partial charge in [0.15, 0.2) is 12.4 Å². The highest BCUT2D eigenvalue weighted by molar-refractivity contribution is 7.12. The van der Waals surface area contributed by atoms with Crippen molar-refractivity contribution in [3.05, 3.63) is 21.4 Å². The molecule has 4 heteroatoms. The van der Waals surface area contributed by atoms with Crippen molar-refractivity contribution in [1.82, 2.24) is 0 Å². The standard InChI is InChI=1S/C19H24O3S/c1-11-3-16(12(2)23-11)18(21)22-10-17(20)19-7-13-4-14(8-19)6-15(5-13)9-19/h3,13-15H,4-10H2,1-2H3. The molecule has 1 heterocycles. The van der Waals surface area contributed by atoms with Crippen molar-refractivity contribution in [2.75, 3.05) is 6.61 Å². The number of ketones is 1. The van der Waals surface area contributed by atoms with Gasteiger partial charge in [-0.2, -0.15) is 0 Å². The van der Waals surface area contributed by atoms with Gasteiger partial charge in [-0.3, -0.25) is 4.79 Å². The molecule has 0 atom stereocenters. The number of aryl methyl sites for hydroxylation is 2. The molecule has 0 aromatic carbocycles. The Hall–Kier alpha value is -1.16. The number of hydrogen-bond donors (Lipinski definition) is 0. The Labute approximate surface area is 141 Å². The SMILES string of the molecule is Cc1cc(C(=O)OCC(=O)C23CC4CC(CC(C4)C2)C3)c(C)s1. The van der Waals surface area contributed by atoms with Crippen LogP contribution in [0.15, 0.2) is 6.07 Å². The Kier molecular flexibility index (Phi) is 3.63. The molecule has 0 aliphatic heterocycles. The molecule has 0 N–H and O–H groups in total. The van der Waals surface area contributed by atoms with E-state index in [0.717, 1.165) is 46.8 Å². The van der Waals surface area contributed by atoms with E-state index in [1.165, 1.54) is 19.3 Å². The van der Waals surface area contributed by atoms with E-state index in [9.17, 15) is 9.59 Å². The zero-order valence-corrected chi connectivity index (χ0v) is 14.7. The lowest BCUT2D eigenvalue weighted by Gasteiger charge is -2.55. The molecule has 0 saturated heterocycles. The summed E-state index contributed by atoms with van der Waals surface area (Å²) in [7, 11) is 0. The molecule has 4 aliphatic carbocycles. The van der Waals surface area contributed by atoms with E-state index in [-0.39, 0.29) is 23.8 Å². The fourth-order valence-corrected chi connectivity index (χ4v) is 6.56. The van der Waals surface area contributed by atoms with Gasteiger partial charge in [-0.25, -0.2) is 4.79 Å². The number of thiophene rings is 1. The second-order valence-electron chi connectivity index (χ2n) is 8.02. The van der Waals surface area contributed by atoms with Crippen LogP contribution in [0.3, 0.4) is 0 Å². The van der Waals surface area contributed by atoms with Gasteiger partial charge in [-0.15, -0.1) is 11.3 Å². The summed E-state index contributed by atoms with van der Waals surface area (Å²) >= 11 is 1.59. The minimum atomic E-state index is -0.343. The largest absolute Gasteiger partial charge is 0.454 e. The van der Waals surface area contributed by atoms with Crippen LogP contribution in [0.1, 0.15) is 58.6 Å². The van der Waals surface area contributed by atoms with Gasteiger partial charge < -0.3 is 4.74 Å². The smallest absolute Gasteiger partial charge is 0.339 e. The van der Waals surface area contributed by atoms with Crippen LogP contribution in [0.25, 0.3) is 0 Å². The Balaban J connectivity index is 1.42. The van der Waals surface area contributed by atoms with E-state index >= 15 is 0 Å². The highest BCUT2D eigenvalue weighted by atomic mass is 32.1. The van der Waals surface area contributed by atoms with Crippen LogP contribution in [0, 0.1) is 37.0 Å². The lowest BCUT2D eigenvalue weighted by molar-refractivity contribution is -0.147. The van der Waals surface area contributed by atoms with Gasteiger partial charge in [0.1, 0.15) is 0 Å². The maximum Gasteiger partial charge on any atom is 0.339 e. The quantitative estimate of drug-likeness (QED) is 0.772. The average Bonchev–Trinajstić information content (AvgIpc) is 2.81. The number of rotatable bonds is 4. The number of carbonyl (C=O) groups excluding carboxylic acids is 2. The average molecular weight is 332 g/mol. The summed E-state index contributed by atoms with van der Waals surface area (Å²) in [5, 5.41) is 0. The predicted molar refractivity (Wildman–Crippen MR) is 89.7 cm³/mol. The molecule has 0 radical (unpaired) electrons. The molecule has 4 saturated carbocycles. The fourth-order valence-electron chi connectivity index (χ4n) is 5.65. The molecule has 3 nitrogen and oxygen atoms in total. The maximum absolute atomic E-state index is 12.8. The van der Waals surface area contributed by atoms with Crippen molar-refractivity contribution in [1.29, 1.82) is 0 Å². The van der Waals surface area contributed by atoms with E-state index in [0.29, 0.717) is 5.56 Å². The van der Waals surface area contributed by atoms with E-state index < -0.39 is 0 Å². The second kappa shape index (κ2) is 5.44. The van der Waals surface area contributed by atoms with Crippen molar-refractivity contribution < 1.29 is 14.3 Å². The second-order valence-corrected chi connectivity index (χ2v) is 9.48. The van der Waals surface area contributed by atoms with Gasteiger partial charge in [0.25, 0.3) is 0 Å². The summed E-state index contributed by atoms with van der Waals surface area (Å²) in [6.45, 7) is 3.86. The Morgan fingerprint density at radius 1 is 1.13 bits per heavy atom. The zero-order chi connectivity index (χ0) is 16.2. The highest BCUT2D eigenvalue weighted by Crippen LogP contribution is 2.60. The Morgan fingerprint density at radius 3 is 2.17 bits per heavy atom. The third-order valence-electron chi connectivity index (χ3n) is 6.22. The molecule has 0 unspecified atom stereocenters. The lowest BCUT2D eigenvalue weighted by Crippen LogP contribution is -2.51. The predicted octanol–water partition coefficient (Wildman–Crippen LogP) is 4.31. The van der Waals surface area contributed by atoms with Crippen molar-refractivity contribution in [2.24, 2.45) is 23.2 Å². The number of esters is 1. The Bertz CT molecular complexity index is 622. The monoisotopic (exact) mass is 332 g/mol. The third kappa shape index (κ3) is 2.65. The first kappa shape index (κ1) is 15.4. The molecule has 124 valence electrons. The van der Waals surface area contributed by atoms with Gasteiger partial charge in [-0.05, 0) is 76.2 Å². The van der Waals surface area contributed by atoms with Gasteiger partial charge in [0.05, 0.1) is 5.56 Å². The van der Waals surface area contributed by atoms with Crippen LogP contribution in [0.4, 0.5) is 0 Å². The number of hydrogen-bond acceptors (Lipinski definition) is 4. The van der Waals surface area contributed by atoms with Crippen LogP contribution in [-0.2, 0) is 9.53 Å². The van der Waals surface area contributed by atoms with Gasteiger partial charge in [-0.1, -0.05) is 0 Å². The fraction of sp³-hybridized carbons (Fsp3) is 0.684. The van der Waals surface area contributed by atoms with Crippen LogP contribution >= 0.6 is 11.3 Å². The molecule has 4 fully saturated rings. The number of carbonyl (C=O) groups is 2. The maximum atomic E-state index is 12.8. The van der Waals surface area contributed by atoms with E-state index in [1.807, 2.05) is 19.9 Å². The molecule has 1 aromatic heterocycles. The number of ether oxygens (including phenoxy) is 1. The van der Waals surface area contributed by atoms with Crippen LogP contribution in [0.5, 0.6) is 0 Å². The van der Waals surface area contributed by atoms with Crippen molar-refractivity contribution in [3.63, 3.8) is 0 Å².